The molecule has 2 amide bonds. The Labute approximate surface area is 166 Å². The van der Waals surface area contributed by atoms with Gasteiger partial charge in [-0.2, -0.15) is 0 Å². The number of nitrogens with one attached hydrogen (secondary N) is 2. The molecule has 7 nitrogen and oxygen atoms in total. The Kier molecular flexibility index (Phi) is 5.89. The summed E-state index contributed by atoms with van der Waals surface area (Å²) < 4.78 is 5.06. The molecule has 0 aliphatic carbocycles. The van der Waals surface area contributed by atoms with Crippen molar-refractivity contribution in [1.82, 2.24) is 0 Å². The number of aromatic carboxylic acids is 1. The average Bonchev–Trinajstić information content (AvgIpc) is 2.74. The number of carboxylic acid groups (broad SMARTS) is 1. The van der Waals surface area contributed by atoms with Gasteiger partial charge in [0.1, 0.15) is 5.75 Å². The van der Waals surface area contributed by atoms with Crippen molar-refractivity contribution in [2.45, 2.75) is 0 Å². The maximum absolute atomic E-state index is 12.4. The average molecular weight is 389 g/mol. The van der Waals surface area contributed by atoms with Gasteiger partial charge in [0.05, 0.1) is 18.8 Å². The molecule has 0 radical (unpaired) electrons. The first-order chi connectivity index (χ1) is 14.0. The van der Waals surface area contributed by atoms with E-state index < -0.39 is 11.9 Å². The number of amides is 2. The van der Waals surface area contributed by atoms with Crippen LogP contribution in [-0.2, 0) is 0 Å². The summed E-state index contributed by atoms with van der Waals surface area (Å²) in [5.74, 6) is -1.51. The first-order valence-electron chi connectivity index (χ1n) is 8.65. The molecule has 0 fully saturated rings. The summed E-state index contributed by atoms with van der Waals surface area (Å²) in [6.07, 6.45) is 0. The summed E-state index contributed by atoms with van der Waals surface area (Å²) in [4.78, 5) is 35.8. The predicted octanol–water partition coefficient (Wildman–Crippen LogP) is 2.56. The summed E-state index contributed by atoms with van der Waals surface area (Å²) in [5, 5.41) is 16.4. The molecule has 0 spiro atoms. The van der Waals surface area contributed by atoms with Gasteiger partial charge in [0.25, 0.3) is 11.8 Å². The summed E-state index contributed by atoms with van der Waals surface area (Å²) in [6.45, 7) is 0. The van der Waals surface area contributed by atoms with Crippen molar-refractivity contribution in [2.24, 2.45) is 0 Å². The summed E-state index contributed by atoms with van der Waals surface area (Å²) >= 11 is 0. The zero-order chi connectivity index (χ0) is 20.8. The Hall–Kier alpha value is -4.13. The third kappa shape index (κ3) is 4.78. The third-order valence-corrected chi connectivity index (χ3v) is 4.15. The quantitative estimate of drug-likeness (QED) is 0.674. The van der Waals surface area contributed by atoms with Gasteiger partial charge in [-0.25, -0.2) is 0 Å². The normalized spacial score (nSPS) is 10.1. The van der Waals surface area contributed by atoms with E-state index in [2.05, 4.69) is 10.6 Å². The molecule has 3 aromatic carbocycles. The molecule has 0 unspecified atom stereocenters. The Morgan fingerprint density at radius 2 is 1.31 bits per heavy atom. The second-order valence-corrected chi connectivity index (χ2v) is 6.05. The van der Waals surface area contributed by atoms with Gasteiger partial charge in [-0.05, 0) is 54.6 Å². The van der Waals surface area contributed by atoms with E-state index in [4.69, 9.17) is 4.74 Å². The Balaban J connectivity index is 1.67. The van der Waals surface area contributed by atoms with E-state index in [0.717, 1.165) is 0 Å². The van der Waals surface area contributed by atoms with E-state index in [1.54, 1.807) is 55.6 Å². The Morgan fingerprint density at radius 3 is 1.90 bits per heavy atom. The molecule has 0 saturated carbocycles. The highest BCUT2D eigenvalue weighted by molar-refractivity contribution is 6.08. The zero-order valence-electron chi connectivity index (χ0n) is 15.5. The molecular formula is C22H17N2O5-. The zero-order valence-corrected chi connectivity index (χ0v) is 15.5. The van der Waals surface area contributed by atoms with Crippen LogP contribution in [0.4, 0.5) is 11.4 Å². The predicted molar refractivity (Wildman–Crippen MR) is 106 cm³/mol. The van der Waals surface area contributed by atoms with Crippen molar-refractivity contribution in [3.63, 3.8) is 0 Å². The Morgan fingerprint density at radius 1 is 0.759 bits per heavy atom. The van der Waals surface area contributed by atoms with Crippen LogP contribution < -0.4 is 20.5 Å². The number of hydrogen-bond donors (Lipinski definition) is 2. The molecule has 0 aliphatic rings. The van der Waals surface area contributed by atoms with Gasteiger partial charge < -0.3 is 25.3 Å². The highest BCUT2D eigenvalue weighted by Crippen LogP contribution is 2.17. The molecule has 7 heteroatoms. The standard InChI is InChI=1S/C22H18N2O5/c1-29-17-12-8-15(9-13-17)20(25)23-16-10-6-14(7-11-16)21(26)24-19-5-3-2-4-18(19)22(27)28/h2-13H,1H3,(H,23,25)(H,24,26)(H,27,28)/p-1. The van der Waals surface area contributed by atoms with Crippen LogP contribution in [0, 0.1) is 0 Å². The van der Waals surface area contributed by atoms with Gasteiger partial charge in [-0.1, -0.05) is 18.2 Å². The molecule has 0 aliphatic heterocycles. The number of rotatable bonds is 6. The van der Waals surface area contributed by atoms with Gasteiger partial charge >= 0.3 is 0 Å². The van der Waals surface area contributed by atoms with E-state index in [9.17, 15) is 19.5 Å². The topological polar surface area (TPSA) is 108 Å². The smallest absolute Gasteiger partial charge is 0.255 e. The van der Waals surface area contributed by atoms with Gasteiger partial charge in [0, 0.05) is 22.4 Å². The lowest BCUT2D eigenvalue weighted by Crippen LogP contribution is -2.24. The molecule has 0 atom stereocenters. The first kappa shape index (κ1) is 19.6. The fraction of sp³-hybridized carbons (Fsp3) is 0.0455. The lowest BCUT2D eigenvalue weighted by molar-refractivity contribution is -0.254. The largest absolute Gasteiger partial charge is 0.545 e. The monoisotopic (exact) mass is 389 g/mol. The van der Waals surface area contributed by atoms with Crippen LogP contribution in [0.25, 0.3) is 0 Å². The number of carbonyl (C=O) groups is 3. The lowest BCUT2D eigenvalue weighted by Gasteiger charge is -2.12. The van der Waals surface area contributed by atoms with Gasteiger partial charge in [0.15, 0.2) is 0 Å². The lowest BCUT2D eigenvalue weighted by atomic mass is 10.1. The fourth-order valence-electron chi connectivity index (χ4n) is 2.62. The molecule has 3 aromatic rings. The van der Waals surface area contributed by atoms with Crippen LogP contribution in [0.15, 0.2) is 72.8 Å². The van der Waals surface area contributed by atoms with Crippen LogP contribution >= 0.6 is 0 Å². The minimum Gasteiger partial charge on any atom is -0.545 e. The van der Waals surface area contributed by atoms with E-state index in [1.807, 2.05) is 0 Å². The number of benzene rings is 3. The molecule has 3 rings (SSSR count). The number of anilines is 2. The number of carbonyl (C=O) groups excluding carboxylic acids is 3. The van der Waals surface area contributed by atoms with Crippen molar-refractivity contribution in [3.05, 3.63) is 89.5 Å². The second-order valence-electron chi connectivity index (χ2n) is 6.05. The molecule has 0 bridgehead atoms. The van der Waals surface area contributed by atoms with E-state index in [1.165, 1.54) is 24.3 Å². The first-order valence-corrected chi connectivity index (χ1v) is 8.65. The SMILES string of the molecule is COc1ccc(C(=O)Nc2ccc(C(=O)Nc3ccccc3C(=O)[O-])cc2)cc1. The summed E-state index contributed by atoms with van der Waals surface area (Å²) in [5.41, 5.74) is 1.32. The molecule has 29 heavy (non-hydrogen) atoms. The van der Waals surface area contributed by atoms with Crippen LogP contribution in [0.2, 0.25) is 0 Å². The van der Waals surface area contributed by atoms with E-state index >= 15 is 0 Å². The van der Waals surface area contributed by atoms with E-state index in [0.29, 0.717) is 22.6 Å². The van der Waals surface area contributed by atoms with Gasteiger partial charge in [0.2, 0.25) is 0 Å². The third-order valence-electron chi connectivity index (χ3n) is 4.15. The molecule has 2 N–H and O–H groups in total. The van der Waals surface area contributed by atoms with Crippen LogP contribution in [0.3, 0.4) is 0 Å². The highest BCUT2D eigenvalue weighted by atomic mass is 16.5. The maximum atomic E-state index is 12.4. The molecule has 0 aromatic heterocycles. The number of para-hydroxylation sites is 1. The van der Waals surface area contributed by atoms with Crippen molar-refractivity contribution >= 4 is 29.2 Å². The van der Waals surface area contributed by atoms with Crippen LogP contribution in [-0.4, -0.2) is 24.9 Å². The number of carboxylic acids is 1. The fourth-order valence-corrected chi connectivity index (χ4v) is 2.62. The molecule has 0 heterocycles. The minimum absolute atomic E-state index is 0.107. The van der Waals surface area contributed by atoms with E-state index in [-0.39, 0.29) is 17.2 Å². The van der Waals surface area contributed by atoms with Gasteiger partial charge in [-0.3, -0.25) is 9.59 Å². The highest BCUT2D eigenvalue weighted by Gasteiger charge is 2.11. The van der Waals surface area contributed by atoms with Gasteiger partial charge in [-0.15, -0.1) is 0 Å². The van der Waals surface area contributed by atoms with Crippen LogP contribution in [0.1, 0.15) is 31.1 Å². The minimum atomic E-state index is -1.38. The van der Waals surface area contributed by atoms with Crippen LogP contribution in [0.5, 0.6) is 5.75 Å². The second kappa shape index (κ2) is 8.71. The molecule has 0 saturated heterocycles. The summed E-state index contributed by atoms with van der Waals surface area (Å²) in [6, 6.07) is 18.9. The summed E-state index contributed by atoms with van der Waals surface area (Å²) in [7, 11) is 1.55. The van der Waals surface area contributed by atoms with Crippen molar-refractivity contribution in [1.29, 1.82) is 0 Å². The van der Waals surface area contributed by atoms with Crippen molar-refractivity contribution in [2.75, 3.05) is 17.7 Å². The maximum Gasteiger partial charge on any atom is 0.255 e. The van der Waals surface area contributed by atoms with Crippen molar-refractivity contribution < 1.29 is 24.2 Å². The number of methoxy groups -OCH3 is 1. The van der Waals surface area contributed by atoms with Crippen molar-refractivity contribution in [3.8, 4) is 5.75 Å². The molecule has 146 valence electrons. The number of hydrogen-bond acceptors (Lipinski definition) is 5. The molecular weight excluding hydrogens is 372 g/mol. The Bertz CT molecular complexity index is 1040. The number of ether oxygens (including phenoxy) is 1.